The highest BCUT2D eigenvalue weighted by Crippen LogP contribution is 2.23. The summed E-state index contributed by atoms with van der Waals surface area (Å²) in [6.45, 7) is -1.08. The minimum atomic E-state index is -2.86. The van der Waals surface area contributed by atoms with Gasteiger partial charge >= 0.3 is 12.6 Å². The summed E-state index contributed by atoms with van der Waals surface area (Å²) in [7, 11) is 0. The van der Waals surface area contributed by atoms with E-state index in [-0.39, 0.29) is 17.6 Å². The molecule has 0 aliphatic carbocycles. The molecule has 1 aromatic carbocycles. The number of ether oxygens (including phenoxy) is 1. The first-order valence-corrected chi connectivity index (χ1v) is 6.10. The Morgan fingerprint density at radius 3 is 2.43 bits per heavy atom. The first-order valence-electron chi connectivity index (χ1n) is 6.10. The fraction of sp³-hybridized carbons (Fsp3) is 0.214. The number of benzene rings is 1. The molecule has 2 N–H and O–H groups in total. The molecule has 0 aliphatic rings. The minimum absolute atomic E-state index is 0.0642. The quantitative estimate of drug-likeness (QED) is 0.849. The summed E-state index contributed by atoms with van der Waals surface area (Å²) in [4.78, 5) is 10.7. The average molecular weight is 297 g/mol. The Morgan fingerprint density at radius 1 is 1.24 bits per heavy atom. The van der Waals surface area contributed by atoms with Crippen molar-refractivity contribution in [1.29, 1.82) is 0 Å². The van der Waals surface area contributed by atoms with Gasteiger partial charge in [-0.15, -0.1) is 0 Å². The van der Waals surface area contributed by atoms with Crippen LogP contribution in [0.2, 0.25) is 0 Å². The van der Waals surface area contributed by atoms with E-state index in [2.05, 4.69) is 10.1 Å². The van der Waals surface area contributed by atoms with Gasteiger partial charge in [0.25, 0.3) is 0 Å². The smallest absolute Gasteiger partial charge is 0.387 e. The monoisotopic (exact) mass is 297 g/mol. The van der Waals surface area contributed by atoms with Crippen molar-refractivity contribution in [3.05, 3.63) is 47.9 Å². The Labute approximate surface area is 119 Å². The highest BCUT2D eigenvalue weighted by molar-refractivity contribution is 5.84. The molecule has 1 unspecified atom stereocenters. The molecular weight excluding hydrogens is 284 g/mol. The van der Waals surface area contributed by atoms with Crippen LogP contribution in [-0.2, 0) is 0 Å². The average Bonchev–Trinajstić information content (AvgIpc) is 2.90. The van der Waals surface area contributed by atoms with Crippen LogP contribution in [0.4, 0.5) is 14.5 Å². The van der Waals surface area contributed by atoms with E-state index in [0.717, 1.165) is 0 Å². The van der Waals surface area contributed by atoms with Gasteiger partial charge in [-0.1, -0.05) is 0 Å². The summed E-state index contributed by atoms with van der Waals surface area (Å²) in [6.07, 6.45) is 0. The predicted molar refractivity (Wildman–Crippen MR) is 70.8 cm³/mol. The van der Waals surface area contributed by atoms with Gasteiger partial charge < -0.3 is 19.6 Å². The molecule has 1 heterocycles. The van der Waals surface area contributed by atoms with Crippen molar-refractivity contribution in [1.82, 2.24) is 0 Å². The number of carbonyl (C=O) groups is 1. The van der Waals surface area contributed by atoms with Crippen molar-refractivity contribution in [2.45, 2.75) is 19.6 Å². The molecule has 2 aromatic rings. The highest BCUT2D eigenvalue weighted by Gasteiger charge is 2.14. The molecule has 0 spiro atoms. The van der Waals surface area contributed by atoms with Crippen LogP contribution in [0.15, 0.2) is 40.8 Å². The number of carboxylic acids is 1. The molecular formula is C14H13F2NO4. The number of carboxylic acid groups (broad SMARTS) is 1. The van der Waals surface area contributed by atoms with E-state index in [9.17, 15) is 13.6 Å². The number of rotatable bonds is 6. The lowest BCUT2D eigenvalue weighted by molar-refractivity contribution is -0.0498. The number of alkyl halides is 2. The molecule has 1 aromatic heterocycles. The van der Waals surface area contributed by atoms with Crippen LogP contribution in [0, 0.1) is 0 Å². The molecule has 21 heavy (non-hydrogen) atoms. The minimum Gasteiger partial charge on any atom is -0.475 e. The Balaban J connectivity index is 2.01. The lowest BCUT2D eigenvalue weighted by atomic mass is 10.2. The fourth-order valence-corrected chi connectivity index (χ4v) is 1.75. The highest BCUT2D eigenvalue weighted by atomic mass is 19.3. The molecule has 1 atom stereocenters. The summed E-state index contributed by atoms with van der Waals surface area (Å²) in [5, 5.41) is 11.8. The summed E-state index contributed by atoms with van der Waals surface area (Å²) in [5.41, 5.74) is 0.664. The number of hydrogen-bond acceptors (Lipinski definition) is 4. The Kier molecular flexibility index (Phi) is 4.42. The van der Waals surface area contributed by atoms with Gasteiger partial charge in [0.15, 0.2) is 0 Å². The van der Waals surface area contributed by atoms with E-state index in [1.54, 1.807) is 25.1 Å². The van der Waals surface area contributed by atoms with Gasteiger partial charge in [-0.3, -0.25) is 0 Å². The predicted octanol–water partition coefficient (Wildman–Crippen LogP) is 3.75. The first-order chi connectivity index (χ1) is 9.95. The zero-order valence-electron chi connectivity index (χ0n) is 11.0. The number of anilines is 1. The van der Waals surface area contributed by atoms with Crippen LogP contribution in [0.25, 0.3) is 0 Å². The molecule has 0 saturated heterocycles. The van der Waals surface area contributed by atoms with Crippen molar-refractivity contribution >= 4 is 11.7 Å². The SMILES string of the molecule is CC(Nc1ccc(OC(F)F)cc1)c1ccc(C(=O)O)o1. The van der Waals surface area contributed by atoms with E-state index in [4.69, 9.17) is 9.52 Å². The zero-order valence-corrected chi connectivity index (χ0v) is 11.0. The van der Waals surface area contributed by atoms with Crippen LogP contribution < -0.4 is 10.1 Å². The van der Waals surface area contributed by atoms with E-state index in [1.807, 2.05) is 0 Å². The maximum atomic E-state index is 12.0. The summed E-state index contributed by atoms with van der Waals surface area (Å²) in [6, 6.07) is 8.63. The standard InChI is InChI=1S/C14H13F2NO4/c1-8(11-6-7-12(21-11)13(18)19)17-9-2-4-10(5-3-9)20-14(15)16/h2-8,14,17H,1H3,(H,18,19). The van der Waals surface area contributed by atoms with E-state index in [0.29, 0.717) is 11.4 Å². The number of aromatic carboxylic acids is 1. The Morgan fingerprint density at radius 2 is 1.90 bits per heavy atom. The van der Waals surface area contributed by atoms with Gasteiger partial charge in [0.1, 0.15) is 11.5 Å². The molecule has 0 amide bonds. The Hall–Kier alpha value is -2.57. The van der Waals surface area contributed by atoms with Crippen molar-refractivity contribution in [3.63, 3.8) is 0 Å². The molecule has 0 aliphatic heterocycles. The van der Waals surface area contributed by atoms with Crippen LogP contribution in [0.3, 0.4) is 0 Å². The van der Waals surface area contributed by atoms with Crippen molar-refractivity contribution in [2.24, 2.45) is 0 Å². The van der Waals surface area contributed by atoms with Crippen molar-refractivity contribution in [3.8, 4) is 5.75 Å². The third-order valence-corrected chi connectivity index (χ3v) is 2.73. The maximum Gasteiger partial charge on any atom is 0.387 e. The second-order valence-electron chi connectivity index (χ2n) is 4.28. The molecule has 112 valence electrons. The fourth-order valence-electron chi connectivity index (χ4n) is 1.75. The van der Waals surface area contributed by atoms with Gasteiger partial charge in [0, 0.05) is 5.69 Å². The molecule has 0 saturated carbocycles. The van der Waals surface area contributed by atoms with Crippen molar-refractivity contribution in [2.75, 3.05) is 5.32 Å². The maximum absolute atomic E-state index is 12.0. The van der Waals surface area contributed by atoms with Gasteiger partial charge in [0.05, 0.1) is 6.04 Å². The number of hydrogen-bond donors (Lipinski definition) is 2. The molecule has 2 rings (SSSR count). The number of furan rings is 1. The van der Waals surface area contributed by atoms with Gasteiger partial charge in [-0.2, -0.15) is 8.78 Å². The third kappa shape index (κ3) is 3.95. The molecule has 0 fully saturated rings. The molecule has 7 heteroatoms. The molecule has 5 nitrogen and oxygen atoms in total. The first kappa shape index (κ1) is 14.8. The van der Waals surface area contributed by atoms with Gasteiger partial charge in [0.2, 0.25) is 5.76 Å². The summed E-state index contributed by atoms with van der Waals surface area (Å²) in [5.74, 6) is -0.754. The zero-order chi connectivity index (χ0) is 15.4. The summed E-state index contributed by atoms with van der Waals surface area (Å²) >= 11 is 0. The lowest BCUT2D eigenvalue weighted by Gasteiger charge is -2.13. The molecule has 0 radical (unpaired) electrons. The van der Waals surface area contributed by atoms with Crippen LogP contribution in [0.1, 0.15) is 29.3 Å². The Bertz CT molecular complexity index is 610. The van der Waals surface area contributed by atoms with E-state index < -0.39 is 12.6 Å². The topological polar surface area (TPSA) is 71.7 Å². The normalized spacial score (nSPS) is 12.2. The van der Waals surface area contributed by atoms with Crippen LogP contribution in [-0.4, -0.2) is 17.7 Å². The third-order valence-electron chi connectivity index (χ3n) is 2.73. The van der Waals surface area contributed by atoms with Crippen LogP contribution in [0.5, 0.6) is 5.75 Å². The van der Waals surface area contributed by atoms with E-state index >= 15 is 0 Å². The lowest BCUT2D eigenvalue weighted by Crippen LogP contribution is -2.06. The second kappa shape index (κ2) is 6.25. The van der Waals surface area contributed by atoms with Crippen molar-refractivity contribution < 1.29 is 27.8 Å². The van der Waals surface area contributed by atoms with Gasteiger partial charge in [-0.25, -0.2) is 4.79 Å². The number of halogens is 2. The summed E-state index contributed by atoms with van der Waals surface area (Å²) < 4.78 is 33.5. The van der Waals surface area contributed by atoms with Crippen LogP contribution >= 0.6 is 0 Å². The largest absolute Gasteiger partial charge is 0.475 e. The molecule has 0 bridgehead atoms. The van der Waals surface area contributed by atoms with Gasteiger partial charge in [-0.05, 0) is 43.3 Å². The van der Waals surface area contributed by atoms with E-state index in [1.165, 1.54) is 18.2 Å². The second-order valence-corrected chi connectivity index (χ2v) is 4.28. The number of nitrogens with one attached hydrogen (secondary N) is 1.